The number of esters is 3. The molecule has 1 amide bonds. The van der Waals surface area contributed by atoms with Crippen molar-refractivity contribution in [3.05, 3.63) is 35.1 Å². The summed E-state index contributed by atoms with van der Waals surface area (Å²) in [5.74, 6) is -5.61. The molecule has 1 aromatic carbocycles. The van der Waals surface area contributed by atoms with Gasteiger partial charge in [-0.1, -0.05) is 6.07 Å². The number of carbonyl (C=O) groups excluding carboxylic acids is 4. The molecule has 0 radical (unpaired) electrons. The number of methoxy groups -OCH3 is 1. The number of carbonyl (C=O) groups is 4. The van der Waals surface area contributed by atoms with Gasteiger partial charge >= 0.3 is 24.1 Å². The van der Waals surface area contributed by atoms with Gasteiger partial charge in [-0.15, -0.1) is 0 Å². The number of nitrogens with one attached hydrogen (secondary N) is 1. The summed E-state index contributed by atoms with van der Waals surface area (Å²) in [7, 11) is 3.43. The number of amides is 1. The first-order chi connectivity index (χ1) is 20.1. The molecule has 0 saturated carbocycles. The number of hydrogen-bond donors (Lipinski definition) is 3. The van der Waals surface area contributed by atoms with E-state index in [2.05, 4.69) is 9.64 Å². The van der Waals surface area contributed by atoms with Gasteiger partial charge in [-0.25, -0.2) is 9.59 Å². The van der Waals surface area contributed by atoms with E-state index in [1.54, 1.807) is 12.1 Å². The summed E-state index contributed by atoms with van der Waals surface area (Å²) in [5, 5.41) is 23.6. The average molecular weight is 613 g/mol. The molecule has 1 aromatic rings. The largest absolute Gasteiger partial charge is 0.493 e. The zero-order chi connectivity index (χ0) is 31.5. The highest BCUT2D eigenvalue weighted by Gasteiger charge is 2.72. The molecule has 6 atom stereocenters. The second kappa shape index (κ2) is 10.8. The van der Waals surface area contributed by atoms with Crippen LogP contribution in [0.5, 0.6) is 11.5 Å². The second-order valence-corrected chi connectivity index (χ2v) is 11.2. The highest BCUT2D eigenvalue weighted by Crippen LogP contribution is 2.65. The number of aliphatic hydroxyl groups is 2. The van der Waals surface area contributed by atoms with Crippen LogP contribution in [-0.4, -0.2) is 95.7 Å². The topological polar surface area (TPSA) is 161 Å². The highest BCUT2D eigenvalue weighted by atomic mass is 19.4. The maximum absolute atomic E-state index is 13.0. The number of likely N-dealkylation sites (N-methyl/N-ethyl adjacent to an activating group) is 1. The minimum absolute atomic E-state index is 0.114. The van der Waals surface area contributed by atoms with E-state index >= 15 is 0 Å². The van der Waals surface area contributed by atoms with Crippen LogP contribution in [0.2, 0.25) is 0 Å². The van der Waals surface area contributed by atoms with Gasteiger partial charge < -0.3 is 39.4 Å². The molecule has 15 heteroatoms. The van der Waals surface area contributed by atoms with Crippen LogP contribution < -0.4 is 14.8 Å². The van der Waals surface area contributed by atoms with Crippen molar-refractivity contribution in [2.24, 2.45) is 0 Å². The summed E-state index contributed by atoms with van der Waals surface area (Å²) < 4.78 is 59.2. The second-order valence-electron chi connectivity index (χ2n) is 11.2. The zero-order valence-corrected chi connectivity index (χ0v) is 23.5. The highest BCUT2D eigenvalue weighted by molar-refractivity contribution is 5.93. The number of likely N-dealkylation sites (tertiary alicyclic amines) is 1. The van der Waals surface area contributed by atoms with E-state index in [4.69, 9.17) is 14.2 Å². The number of hydrogen-bond acceptors (Lipinski definition) is 11. The predicted octanol–water partition coefficient (Wildman–Crippen LogP) is 0.794. The van der Waals surface area contributed by atoms with Crippen LogP contribution in [-0.2, 0) is 40.5 Å². The predicted molar refractivity (Wildman–Crippen MR) is 138 cm³/mol. The van der Waals surface area contributed by atoms with Crippen LogP contribution in [0, 0.1) is 0 Å². The first-order valence-corrected chi connectivity index (χ1v) is 13.7. The Balaban J connectivity index is 1.37. The molecule has 3 N–H and O–H groups in total. The van der Waals surface area contributed by atoms with Gasteiger partial charge in [0.25, 0.3) is 0 Å². The van der Waals surface area contributed by atoms with Gasteiger partial charge in [0, 0.05) is 24.4 Å². The summed E-state index contributed by atoms with van der Waals surface area (Å²) in [6, 6.07) is 1.60. The summed E-state index contributed by atoms with van der Waals surface area (Å²) in [5.41, 5.74) is -0.420. The van der Waals surface area contributed by atoms with Crippen LogP contribution in [0.15, 0.2) is 24.0 Å². The fraction of sp³-hybridized carbons (Fsp3) is 0.571. The van der Waals surface area contributed by atoms with Gasteiger partial charge in [0.15, 0.2) is 17.6 Å². The number of piperidine rings is 1. The molecule has 234 valence electrons. The van der Waals surface area contributed by atoms with E-state index in [9.17, 15) is 42.6 Å². The third kappa shape index (κ3) is 4.92. The molecule has 4 aliphatic rings. The van der Waals surface area contributed by atoms with Crippen molar-refractivity contribution in [3.8, 4) is 11.5 Å². The molecule has 0 unspecified atom stereocenters. The number of benzene rings is 1. The number of halogens is 3. The van der Waals surface area contributed by atoms with Crippen molar-refractivity contribution in [1.29, 1.82) is 0 Å². The van der Waals surface area contributed by atoms with Crippen LogP contribution >= 0.6 is 0 Å². The molecule has 1 saturated heterocycles. The van der Waals surface area contributed by atoms with E-state index in [-0.39, 0.29) is 18.2 Å². The molecule has 0 aromatic heterocycles. The van der Waals surface area contributed by atoms with Crippen molar-refractivity contribution in [2.75, 3.05) is 20.7 Å². The lowest BCUT2D eigenvalue weighted by Crippen LogP contribution is -2.74. The van der Waals surface area contributed by atoms with E-state index in [0.29, 0.717) is 30.9 Å². The van der Waals surface area contributed by atoms with Gasteiger partial charge in [-0.3, -0.25) is 9.59 Å². The Morgan fingerprint density at radius 2 is 1.98 bits per heavy atom. The Hall–Kier alpha value is -3.69. The van der Waals surface area contributed by atoms with E-state index in [1.165, 1.54) is 7.11 Å². The van der Waals surface area contributed by atoms with Gasteiger partial charge in [0.05, 0.1) is 18.1 Å². The van der Waals surface area contributed by atoms with Crippen molar-refractivity contribution in [2.45, 2.75) is 80.5 Å². The lowest BCUT2D eigenvalue weighted by molar-refractivity contribution is -0.202. The maximum Gasteiger partial charge on any atom is 0.491 e. The van der Waals surface area contributed by atoms with Gasteiger partial charge in [0.2, 0.25) is 5.91 Å². The normalized spacial score (nSPS) is 28.4. The first kappa shape index (κ1) is 30.8. The summed E-state index contributed by atoms with van der Waals surface area (Å²) in [6.45, 7) is 1.68. The molecule has 2 aliphatic heterocycles. The lowest BCUT2D eigenvalue weighted by Gasteiger charge is -2.61. The van der Waals surface area contributed by atoms with Crippen molar-refractivity contribution in [1.82, 2.24) is 10.2 Å². The molecule has 2 heterocycles. The van der Waals surface area contributed by atoms with Crippen LogP contribution in [0.3, 0.4) is 0 Å². The van der Waals surface area contributed by atoms with E-state index in [1.807, 2.05) is 18.4 Å². The zero-order valence-electron chi connectivity index (χ0n) is 23.5. The monoisotopic (exact) mass is 612 g/mol. The number of aliphatic hydroxyl groups excluding tert-OH is 1. The standard InChI is InChI=1S/C28H31F3N2O10/c1-13(34)23(36)32-15(24(37)43-25(38)28(29,30)31)5-7-19(35)41-17-8-9-27(39)18-12-14-4-6-16(40-3)21-20(14)26(27,22(17)42-21)10-11-33(18)2/h4,6,8,13,15,18,22,34,39H,5,7,9-12H2,1-3H3,(H,32,36)/t13-,15-,18+,22-,26-,27+/m0/s1. The molecular weight excluding hydrogens is 581 g/mol. The Morgan fingerprint density at radius 3 is 2.63 bits per heavy atom. The molecule has 43 heavy (non-hydrogen) atoms. The number of rotatable bonds is 8. The SMILES string of the molecule is COc1ccc2c3c1O[C@H]1C(OC(=O)CC[C@H](NC(=O)[C@H](C)O)C(=O)OC(=O)C(F)(F)F)=CC[C@@]4(O)[C@@H](C2)N(C)CC[C@]314. The Bertz CT molecular complexity index is 1400. The molecule has 1 fully saturated rings. The van der Waals surface area contributed by atoms with Gasteiger partial charge in [-0.2, -0.15) is 13.2 Å². The molecule has 2 aliphatic carbocycles. The third-order valence-corrected chi connectivity index (χ3v) is 8.83. The van der Waals surface area contributed by atoms with Crippen LogP contribution in [0.25, 0.3) is 0 Å². The lowest BCUT2D eigenvalue weighted by atomic mass is 9.50. The van der Waals surface area contributed by atoms with Gasteiger partial charge in [0.1, 0.15) is 17.9 Å². The summed E-state index contributed by atoms with van der Waals surface area (Å²) >= 11 is 0. The Labute approximate surface area is 243 Å². The van der Waals surface area contributed by atoms with Gasteiger partial charge in [-0.05, 0) is 57.5 Å². The van der Waals surface area contributed by atoms with Crippen molar-refractivity contribution >= 4 is 23.8 Å². The quantitative estimate of drug-likeness (QED) is 0.281. The molecule has 2 bridgehead atoms. The number of nitrogens with zero attached hydrogens (tertiary/aromatic N) is 1. The van der Waals surface area contributed by atoms with E-state index < -0.39 is 72.1 Å². The number of ether oxygens (including phenoxy) is 4. The summed E-state index contributed by atoms with van der Waals surface area (Å²) in [6.07, 6.45) is -6.48. The number of alkyl halides is 3. The Morgan fingerprint density at radius 1 is 1.26 bits per heavy atom. The minimum atomic E-state index is -5.48. The van der Waals surface area contributed by atoms with Crippen molar-refractivity contribution in [3.63, 3.8) is 0 Å². The third-order valence-electron chi connectivity index (χ3n) is 8.83. The maximum atomic E-state index is 13.0. The average Bonchev–Trinajstić information content (AvgIpc) is 3.29. The fourth-order valence-electron chi connectivity index (χ4n) is 6.79. The smallest absolute Gasteiger partial charge is 0.491 e. The van der Waals surface area contributed by atoms with E-state index in [0.717, 1.165) is 18.1 Å². The van der Waals surface area contributed by atoms with Crippen LogP contribution in [0.1, 0.15) is 43.7 Å². The first-order valence-electron chi connectivity index (χ1n) is 13.7. The molecule has 12 nitrogen and oxygen atoms in total. The molecule has 1 spiro atoms. The van der Waals surface area contributed by atoms with Crippen molar-refractivity contribution < 1.29 is 61.5 Å². The molecule has 5 rings (SSSR count). The molecular formula is C28H31F3N2O10. The fourth-order valence-corrected chi connectivity index (χ4v) is 6.79. The summed E-state index contributed by atoms with van der Waals surface area (Å²) in [4.78, 5) is 50.5. The minimum Gasteiger partial charge on any atom is -0.493 e. The Kier molecular flexibility index (Phi) is 7.72. The van der Waals surface area contributed by atoms with Crippen LogP contribution in [0.4, 0.5) is 13.2 Å².